The lowest BCUT2D eigenvalue weighted by Gasteiger charge is -1.85. The third-order valence-corrected chi connectivity index (χ3v) is 1.44. The molecule has 62 valence electrons. The molecule has 2 aliphatic rings. The van der Waals surface area contributed by atoms with E-state index in [-0.39, 0.29) is 0 Å². The van der Waals surface area contributed by atoms with E-state index in [0.29, 0.717) is 0 Å². The first-order chi connectivity index (χ1) is 5.70. The maximum atomic E-state index is 7.17. The Kier molecular flexibility index (Phi) is 3.05. The normalized spacial score (nSPS) is 16.2. The molecule has 0 spiro atoms. The Morgan fingerprint density at radius 1 is 0.833 bits per heavy atom. The van der Waals surface area contributed by atoms with Crippen molar-refractivity contribution in [3.63, 3.8) is 0 Å². The first kappa shape index (κ1) is 9.00. The lowest BCUT2D eigenvalue weighted by Crippen LogP contribution is -2.07. The lowest BCUT2D eigenvalue weighted by molar-refractivity contribution is 0.278. The summed E-state index contributed by atoms with van der Waals surface area (Å²) in [5.41, 5.74) is 2.70. The number of allylic oxidation sites excluding steroid dienone is 8. The van der Waals surface area contributed by atoms with Gasteiger partial charge in [0.1, 0.15) is 0 Å². The van der Waals surface area contributed by atoms with E-state index in [1.165, 1.54) is 11.1 Å². The van der Waals surface area contributed by atoms with Crippen LogP contribution in [0.15, 0.2) is 47.6 Å². The number of hydrogen-bond acceptors (Lipinski definition) is 3. The van der Waals surface area contributed by atoms with Gasteiger partial charge in [-0.3, -0.25) is 0 Å². The third kappa shape index (κ3) is 2.50. The van der Waals surface area contributed by atoms with E-state index in [9.17, 15) is 0 Å². The quantitative estimate of drug-likeness (QED) is 0.439. The van der Waals surface area contributed by atoms with Crippen LogP contribution in [-0.2, 0) is 0 Å². The Balaban J connectivity index is 0.000000157. The maximum Gasteiger partial charge on any atom is 0.631 e. The molecule has 0 amide bonds. The summed E-state index contributed by atoms with van der Waals surface area (Å²) in [4.78, 5) is 0. The van der Waals surface area contributed by atoms with Gasteiger partial charge in [-0.05, 0) is 11.1 Å². The minimum Gasteiger partial charge on any atom is -0.402 e. The summed E-state index contributed by atoms with van der Waals surface area (Å²) in [6, 6.07) is 0. The Morgan fingerprint density at radius 2 is 1.17 bits per heavy atom. The van der Waals surface area contributed by atoms with Crippen LogP contribution >= 0.6 is 0 Å². The molecular formula is C8H9BO3. The molecule has 0 radical (unpaired) electrons. The third-order valence-electron chi connectivity index (χ3n) is 1.44. The smallest absolute Gasteiger partial charge is 0.402 e. The first-order valence-corrected chi connectivity index (χ1v) is 3.51. The van der Waals surface area contributed by atoms with Gasteiger partial charge in [-0.2, -0.15) is 0 Å². The van der Waals surface area contributed by atoms with Crippen LogP contribution in [0, 0.1) is 0 Å². The van der Waals surface area contributed by atoms with Gasteiger partial charge in [0.05, 0.1) is 0 Å². The van der Waals surface area contributed by atoms with Gasteiger partial charge in [0, 0.05) is 0 Å². The predicted molar refractivity (Wildman–Crippen MR) is 46.9 cm³/mol. The van der Waals surface area contributed by atoms with E-state index < -0.39 is 7.32 Å². The molecule has 3 N–H and O–H groups in total. The fourth-order valence-electron chi connectivity index (χ4n) is 1.01. The van der Waals surface area contributed by atoms with Crippen molar-refractivity contribution in [1.29, 1.82) is 0 Å². The summed E-state index contributed by atoms with van der Waals surface area (Å²) in [6.07, 6.45) is 12.6. The van der Waals surface area contributed by atoms with Crippen molar-refractivity contribution in [3.8, 4) is 0 Å². The molecule has 2 rings (SSSR count). The summed E-state index contributed by atoms with van der Waals surface area (Å²) in [5, 5.41) is 21.5. The molecular weight excluding hydrogens is 155 g/mol. The van der Waals surface area contributed by atoms with Crippen molar-refractivity contribution in [2.24, 2.45) is 0 Å². The van der Waals surface area contributed by atoms with Gasteiger partial charge in [0.2, 0.25) is 0 Å². The molecule has 3 nitrogen and oxygen atoms in total. The van der Waals surface area contributed by atoms with Gasteiger partial charge in [-0.25, -0.2) is 0 Å². The Bertz CT molecular complexity index is 245. The minimum atomic E-state index is -2.17. The van der Waals surface area contributed by atoms with Crippen molar-refractivity contribution in [2.75, 3.05) is 0 Å². The second-order valence-electron chi connectivity index (χ2n) is 2.31. The van der Waals surface area contributed by atoms with E-state index in [1.54, 1.807) is 0 Å². The molecule has 0 aliphatic heterocycles. The highest BCUT2D eigenvalue weighted by molar-refractivity contribution is 6.30. The fraction of sp³-hybridized carbons (Fsp3) is 0. The van der Waals surface area contributed by atoms with E-state index in [2.05, 4.69) is 36.5 Å². The molecule has 0 saturated heterocycles. The number of rotatable bonds is 0. The average molecular weight is 164 g/mol. The number of hydrogen-bond donors (Lipinski definition) is 3. The van der Waals surface area contributed by atoms with Crippen LogP contribution in [0.25, 0.3) is 0 Å². The minimum absolute atomic E-state index is 1.35. The van der Waals surface area contributed by atoms with Crippen LogP contribution in [-0.4, -0.2) is 22.4 Å². The van der Waals surface area contributed by atoms with Crippen LogP contribution in [0.5, 0.6) is 0 Å². The molecule has 0 saturated carbocycles. The van der Waals surface area contributed by atoms with Crippen molar-refractivity contribution >= 4 is 7.32 Å². The number of fused-ring (bicyclic) bond motifs is 1. The van der Waals surface area contributed by atoms with Crippen molar-refractivity contribution < 1.29 is 15.1 Å². The van der Waals surface area contributed by atoms with Crippen LogP contribution in [0.4, 0.5) is 0 Å². The largest absolute Gasteiger partial charge is 0.631 e. The summed E-state index contributed by atoms with van der Waals surface area (Å²) in [6.45, 7) is 0. The summed E-state index contributed by atoms with van der Waals surface area (Å²) < 4.78 is 0. The Morgan fingerprint density at radius 3 is 1.50 bits per heavy atom. The zero-order chi connectivity index (χ0) is 8.97. The molecule has 2 aliphatic carbocycles. The summed E-state index contributed by atoms with van der Waals surface area (Å²) >= 11 is 0. The molecule has 4 heteroatoms. The van der Waals surface area contributed by atoms with Gasteiger partial charge < -0.3 is 15.1 Å². The van der Waals surface area contributed by atoms with Gasteiger partial charge in [-0.15, -0.1) is 0 Å². The van der Waals surface area contributed by atoms with Crippen LogP contribution in [0.1, 0.15) is 0 Å². The molecule has 0 aromatic rings. The summed E-state index contributed by atoms with van der Waals surface area (Å²) in [5.74, 6) is 0. The molecule has 0 bridgehead atoms. The van der Waals surface area contributed by atoms with Crippen molar-refractivity contribution in [2.45, 2.75) is 0 Å². The van der Waals surface area contributed by atoms with Gasteiger partial charge in [0.15, 0.2) is 0 Å². The van der Waals surface area contributed by atoms with Gasteiger partial charge in [0.25, 0.3) is 0 Å². The van der Waals surface area contributed by atoms with Crippen LogP contribution in [0.2, 0.25) is 0 Å². The van der Waals surface area contributed by atoms with E-state index in [1.807, 2.05) is 0 Å². The van der Waals surface area contributed by atoms with Crippen molar-refractivity contribution in [1.82, 2.24) is 0 Å². The topological polar surface area (TPSA) is 60.7 Å². The second-order valence-corrected chi connectivity index (χ2v) is 2.31. The highest BCUT2D eigenvalue weighted by Gasteiger charge is 2.04. The molecule has 0 atom stereocenters. The van der Waals surface area contributed by atoms with E-state index >= 15 is 0 Å². The highest BCUT2D eigenvalue weighted by Crippen LogP contribution is 2.23. The first-order valence-electron chi connectivity index (χ1n) is 3.51. The highest BCUT2D eigenvalue weighted by atomic mass is 16.5. The standard InChI is InChI=1S/C8H6.BH3O3/c1-3-7-5-2-6-8(7)4-1;2-1(3)4/h1-6H;2-4H. The molecule has 0 heterocycles. The second kappa shape index (κ2) is 4.06. The Hall–Kier alpha value is -1.10. The van der Waals surface area contributed by atoms with Crippen LogP contribution in [0.3, 0.4) is 0 Å². The molecule has 0 unspecified atom stereocenters. The lowest BCUT2D eigenvalue weighted by atomic mass is 10.2. The predicted octanol–water partition coefficient (Wildman–Crippen LogP) is -0.0730. The van der Waals surface area contributed by atoms with Gasteiger partial charge >= 0.3 is 7.32 Å². The molecule has 0 aromatic carbocycles. The Labute approximate surface area is 70.8 Å². The molecule has 12 heavy (non-hydrogen) atoms. The fourth-order valence-corrected chi connectivity index (χ4v) is 1.01. The van der Waals surface area contributed by atoms with E-state index in [4.69, 9.17) is 15.1 Å². The van der Waals surface area contributed by atoms with E-state index in [0.717, 1.165) is 0 Å². The van der Waals surface area contributed by atoms with Gasteiger partial charge in [-0.1, -0.05) is 36.5 Å². The van der Waals surface area contributed by atoms with Crippen LogP contribution < -0.4 is 0 Å². The maximum absolute atomic E-state index is 7.17. The molecule has 0 aromatic heterocycles. The average Bonchev–Trinajstić information content (AvgIpc) is 2.40. The summed E-state index contributed by atoms with van der Waals surface area (Å²) in [7, 11) is -2.17. The van der Waals surface area contributed by atoms with Crippen molar-refractivity contribution in [3.05, 3.63) is 47.6 Å². The zero-order valence-corrected chi connectivity index (χ0v) is 6.38. The SMILES string of the molecule is C1=CC2=CC=CC2=C1.OB(O)O. The molecule has 0 fully saturated rings. The monoisotopic (exact) mass is 164 g/mol. The zero-order valence-electron chi connectivity index (χ0n) is 6.38.